The maximum absolute atomic E-state index is 6.21. The lowest BCUT2D eigenvalue weighted by atomic mass is 10.1. The molecule has 26 heavy (non-hydrogen) atoms. The molecule has 0 aliphatic heterocycles. The van der Waals surface area contributed by atoms with Crippen LogP contribution in [0.4, 0.5) is 5.69 Å². The first-order valence-electron chi connectivity index (χ1n) is 8.17. The first-order valence-corrected chi connectivity index (χ1v) is 9.72. The van der Waals surface area contributed by atoms with Crippen molar-refractivity contribution in [1.29, 1.82) is 0 Å². The van der Waals surface area contributed by atoms with E-state index in [1.54, 1.807) is 0 Å². The summed E-state index contributed by atoms with van der Waals surface area (Å²) in [4.78, 5) is 0. The van der Waals surface area contributed by atoms with Crippen molar-refractivity contribution in [3.63, 3.8) is 0 Å². The van der Waals surface area contributed by atoms with Crippen molar-refractivity contribution in [2.75, 3.05) is 5.32 Å². The number of hydrogen-bond acceptors (Lipinski definition) is 2. The monoisotopic (exact) mass is 449 g/mol. The van der Waals surface area contributed by atoms with Crippen LogP contribution >= 0.6 is 39.1 Å². The molecule has 3 rings (SSSR count). The van der Waals surface area contributed by atoms with Gasteiger partial charge < -0.3 is 10.1 Å². The van der Waals surface area contributed by atoms with Crippen LogP contribution in [0.1, 0.15) is 16.7 Å². The molecule has 3 aromatic rings. The molecule has 0 atom stereocenters. The first kappa shape index (κ1) is 19.1. The number of anilines is 1. The van der Waals surface area contributed by atoms with E-state index in [0.29, 0.717) is 18.2 Å². The minimum atomic E-state index is 0.421. The summed E-state index contributed by atoms with van der Waals surface area (Å²) in [5, 5.41) is 4.85. The van der Waals surface area contributed by atoms with E-state index in [2.05, 4.69) is 21.2 Å². The predicted octanol–water partition coefficient (Wildman–Crippen LogP) is 7.26. The highest BCUT2D eigenvalue weighted by Crippen LogP contribution is 2.27. The summed E-state index contributed by atoms with van der Waals surface area (Å²) in [6, 6.07) is 19.6. The predicted molar refractivity (Wildman–Crippen MR) is 113 cm³/mol. The second-order valence-electron chi connectivity index (χ2n) is 5.95. The molecule has 5 heteroatoms. The lowest BCUT2D eigenvalue weighted by molar-refractivity contribution is 0.303. The van der Waals surface area contributed by atoms with Crippen molar-refractivity contribution < 1.29 is 4.74 Å². The molecule has 1 N–H and O–H groups in total. The summed E-state index contributed by atoms with van der Waals surface area (Å²) in [6.07, 6.45) is 0. The largest absolute Gasteiger partial charge is 0.488 e. The minimum absolute atomic E-state index is 0.421. The second kappa shape index (κ2) is 8.81. The number of benzene rings is 3. The van der Waals surface area contributed by atoms with Crippen LogP contribution in [0.5, 0.6) is 5.75 Å². The summed E-state index contributed by atoms with van der Waals surface area (Å²) >= 11 is 15.9. The minimum Gasteiger partial charge on any atom is -0.488 e. The van der Waals surface area contributed by atoms with Crippen LogP contribution in [-0.4, -0.2) is 0 Å². The van der Waals surface area contributed by atoms with Crippen molar-refractivity contribution in [3.05, 3.63) is 91.9 Å². The van der Waals surface area contributed by atoms with Crippen molar-refractivity contribution in [2.45, 2.75) is 20.1 Å². The Kier molecular flexibility index (Phi) is 6.47. The SMILES string of the molecule is Cc1ccc(NCc2cc(Br)ccc2OCc2ccccc2Cl)cc1Cl. The quantitative estimate of drug-likeness (QED) is 0.426. The van der Waals surface area contributed by atoms with Gasteiger partial charge in [-0.2, -0.15) is 0 Å². The molecule has 0 radical (unpaired) electrons. The summed E-state index contributed by atoms with van der Waals surface area (Å²) in [5.41, 5.74) is 4.03. The van der Waals surface area contributed by atoms with Gasteiger partial charge in [-0.15, -0.1) is 0 Å². The van der Waals surface area contributed by atoms with Crippen LogP contribution < -0.4 is 10.1 Å². The topological polar surface area (TPSA) is 21.3 Å². The molecule has 0 saturated heterocycles. The zero-order chi connectivity index (χ0) is 18.5. The van der Waals surface area contributed by atoms with E-state index in [-0.39, 0.29) is 0 Å². The molecular weight excluding hydrogens is 433 g/mol. The average molecular weight is 451 g/mol. The third kappa shape index (κ3) is 4.94. The summed E-state index contributed by atoms with van der Waals surface area (Å²) < 4.78 is 7.02. The highest BCUT2D eigenvalue weighted by Gasteiger charge is 2.07. The molecule has 0 heterocycles. The van der Waals surface area contributed by atoms with Crippen LogP contribution in [0, 0.1) is 6.92 Å². The number of nitrogens with one attached hydrogen (secondary N) is 1. The number of rotatable bonds is 6. The van der Waals surface area contributed by atoms with Gasteiger partial charge in [0.05, 0.1) is 0 Å². The number of hydrogen-bond donors (Lipinski definition) is 1. The van der Waals surface area contributed by atoms with E-state index in [0.717, 1.165) is 37.6 Å². The molecule has 0 unspecified atom stereocenters. The molecular formula is C21H18BrCl2NO. The summed E-state index contributed by atoms with van der Waals surface area (Å²) in [5.74, 6) is 0.818. The van der Waals surface area contributed by atoms with Gasteiger partial charge in [-0.1, -0.05) is 63.4 Å². The van der Waals surface area contributed by atoms with Crippen LogP contribution in [0.15, 0.2) is 65.1 Å². The van der Waals surface area contributed by atoms with E-state index >= 15 is 0 Å². The lowest BCUT2D eigenvalue weighted by Crippen LogP contribution is -2.04. The molecule has 0 saturated carbocycles. The summed E-state index contributed by atoms with van der Waals surface area (Å²) in [6.45, 7) is 3.03. The standard InChI is InChI=1S/C21H18BrCl2NO/c1-14-6-8-18(11-20(14)24)25-12-16-10-17(22)7-9-21(16)26-13-15-4-2-3-5-19(15)23/h2-11,25H,12-13H2,1H3. The number of ether oxygens (including phenoxy) is 1. The van der Waals surface area contributed by atoms with Gasteiger partial charge in [0, 0.05) is 37.9 Å². The van der Waals surface area contributed by atoms with Crippen LogP contribution in [0.3, 0.4) is 0 Å². The van der Waals surface area contributed by atoms with Gasteiger partial charge >= 0.3 is 0 Å². The Morgan fingerprint density at radius 2 is 1.73 bits per heavy atom. The molecule has 0 amide bonds. The Balaban J connectivity index is 1.73. The van der Waals surface area contributed by atoms with Gasteiger partial charge in [0.15, 0.2) is 0 Å². The van der Waals surface area contributed by atoms with E-state index in [4.69, 9.17) is 27.9 Å². The van der Waals surface area contributed by atoms with Gasteiger partial charge in [0.2, 0.25) is 0 Å². The highest BCUT2D eigenvalue weighted by molar-refractivity contribution is 9.10. The van der Waals surface area contributed by atoms with Crippen LogP contribution in [-0.2, 0) is 13.2 Å². The molecule has 2 nitrogen and oxygen atoms in total. The zero-order valence-corrected chi connectivity index (χ0v) is 17.3. The van der Waals surface area contributed by atoms with E-state index in [9.17, 15) is 0 Å². The second-order valence-corrected chi connectivity index (χ2v) is 7.68. The van der Waals surface area contributed by atoms with Gasteiger partial charge in [-0.05, 0) is 48.9 Å². The number of aryl methyl sites for hydroxylation is 1. The Labute approximate surface area is 172 Å². The van der Waals surface area contributed by atoms with Gasteiger partial charge in [0.25, 0.3) is 0 Å². The first-order chi connectivity index (χ1) is 12.5. The van der Waals surface area contributed by atoms with Gasteiger partial charge in [-0.25, -0.2) is 0 Å². The molecule has 0 aliphatic carbocycles. The van der Waals surface area contributed by atoms with E-state index in [1.807, 2.05) is 67.6 Å². The Hall–Kier alpha value is -1.68. The van der Waals surface area contributed by atoms with Crippen molar-refractivity contribution in [3.8, 4) is 5.75 Å². The maximum atomic E-state index is 6.21. The lowest BCUT2D eigenvalue weighted by Gasteiger charge is -2.14. The molecule has 0 aliphatic rings. The fourth-order valence-corrected chi connectivity index (χ4v) is 3.28. The molecule has 0 spiro atoms. The Morgan fingerprint density at radius 1 is 0.923 bits per heavy atom. The normalized spacial score (nSPS) is 10.6. The van der Waals surface area contributed by atoms with Crippen LogP contribution in [0.2, 0.25) is 10.0 Å². The molecule has 134 valence electrons. The van der Waals surface area contributed by atoms with Crippen molar-refractivity contribution >= 4 is 44.8 Å². The molecule has 0 fully saturated rings. The molecule has 3 aromatic carbocycles. The molecule has 0 bridgehead atoms. The third-order valence-corrected chi connectivity index (χ3v) is 5.29. The number of halogens is 3. The summed E-state index contributed by atoms with van der Waals surface area (Å²) in [7, 11) is 0. The zero-order valence-electron chi connectivity index (χ0n) is 14.2. The van der Waals surface area contributed by atoms with E-state index in [1.165, 1.54) is 0 Å². The van der Waals surface area contributed by atoms with Gasteiger partial charge in [0.1, 0.15) is 12.4 Å². The highest BCUT2D eigenvalue weighted by atomic mass is 79.9. The van der Waals surface area contributed by atoms with E-state index < -0.39 is 0 Å². The Bertz CT molecular complexity index is 914. The Morgan fingerprint density at radius 3 is 2.50 bits per heavy atom. The third-order valence-electron chi connectivity index (χ3n) is 4.02. The smallest absolute Gasteiger partial charge is 0.124 e. The van der Waals surface area contributed by atoms with Crippen molar-refractivity contribution in [2.24, 2.45) is 0 Å². The maximum Gasteiger partial charge on any atom is 0.124 e. The van der Waals surface area contributed by atoms with Crippen LogP contribution in [0.25, 0.3) is 0 Å². The van der Waals surface area contributed by atoms with Crippen molar-refractivity contribution in [1.82, 2.24) is 0 Å². The van der Waals surface area contributed by atoms with Gasteiger partial charge in [-0.3, -0.25) is 0 Å². The fourth-order valence-electron chi connectivity index (χ4n) is 2.50. The average Bonchev–Trinajstić information content (AvgIpc) is 2.63. The fraction of sp³-hybridized carbons (Fsp3) is 0.143. The molecule has 0 aromatic heterocycles.